The molecule has 11 heteroatoms. The number of nitrogen functional groups attached to an aromatic ring is 1. The quantitative estimate of drug-likeness (QED) is 0.319. The highest BCUT2D eigenvalue weighted by atomic mass is 16.6. The molecular formula is C21H20N8O3. The van der Waals surface area contributed by atoms with Crippen LogP contribution in [-0.2, 0) is 0 Å². The maximum Gasteiger partial charge on any atom is 0.294 e. The summed E-state index contributed by atoms with van der Waals surface area (Å²) in [5, 5.41) is 19.3. The van der Waals surface area contributed by atoms with E-state index < -0.39 is 5.91 Å². The van der Waals surface area contributed by atoms with Gasteiger partial charge in [0.15, 0.2) is 5.69 Å². The molecule has 0 unspecified atom stereocenters. The monoisotopic (exact) mass is 432 g/mol. The van der Waals surface area contributed by atoms with E-state index in [2.05, 4.69) is 35.8 Å². The van der Waals surface area contributed by atoms with Crippen LogP contribution >= 0.6 is 0 Å². The van der Waals surface area contributed by atoms with Crippen molar-refractivity contribution in [2.45, 2.75) is 13.3 Å². The minimum Gasteiger partial charge on any atom is -0.494 e. The van der Waals surface area contributed by atoms with Crippen molar-refractivity contribution in [3.63, 3.8) is 0 Å². The van der Waals surface area contributed by atoms with Crippen molar-refractivity contribution in [3.8, 4) is 22.8 Å². The largest absolute Gasteiger partial charge is 0.494 e. The highest BCUT2D eigenvalue weighted by Gasteiger charge is 2.24. The smallest absolute Gasteiger partial charge is 0.294 e. The summed E-state index contributed by atoms with van der Waals surface area (Å²) in [5.41, 5.74) is 10.2. The molecule has 2 aromatic carbocycles. The number of nitrogens with one attached hydrogen (secondary N) is 1. The fourth-order valence-electron chi connectivity index (χ4n) is 2.86. The maximum atomic E-state index is 12.8. The lowest BCUT2D eigenvalue weighted by Crippen LogP contribution is -2.19. The molecule has 2 aromatic heterocycles. The van der Waals surface area contributed by atoms with E-state index >= 15 is 0 Å². The Morgan fingerprint density at radius 3 is 2.66 bits per heavy atom. The van der Waals surface area contributed by atoms with E-state index in [0.29, 0.717) is 17.9 Å². The minimum atomic E-state index is -0.552. The van der Waals surface area contributed by atoms with E-state index in [0.717, 1.165) is 17.7 Å². The summed E-state index contributed by atoms with van der Waals surface area (Å²) in [6, 6.07) is 16.5. The lowest BCUT2D eigenvalue weighted by atomic mass is 10.1. The van der Waals surface area contributed by atoms with E-state index in [1.54, 1.807) is 12.1 Å². The second-order valence-corrected chi connectivity index (χ2v) is 6.65. The molecule has 0 atom stereocenters. The first-order chi connectivity index (χ1) is 15.7. The molecule has 4 rings (SSSR count). The van der Waals surface area contributed by atoms with Crippen LogP contribution < -0.4 is 15.9 Å². The molecule has 3 N–H and O–H groups in total. The van der Waals surface area contributed by atoms with Gasteiger partial charge in [-0.2, -0.15) is 9.78 Å². The summed E-state index contributed by atoms with van der Waals surface area (Å²) in [7, 11) is 0. The van der Waals surface area contributed by atoms with Gasteiger partial charge in [0.05, 0.1) is 12.8 Å². The van der Waals surface area contributed by atoms with Gasteiger partial charge in [-0.3, -0.25) is 4.79 Å². The molecule has 1 amide bonds. The molecule has 0 aliphatic rings. The van der Waals surface area contributed by atoms with Crippen molar-refractivity contribution in [2.24, 2.45) is 5.10 Å². The lowest BCUT2D eigenvalue weighted by Gasteiger charge is -2.05. The minimum absolute atomic E-state index is 0.0171. The zero-order valence-electron chi connectivity index (χ0n) is 17.2. The molecule has 2 heterocycles. The predicted molar refractivity (Wildman–Crippen MR) is 116 cm³/mol. The molecule has 0 fully saturated rings. The standard InChI is InChI=1S/C21H20N8O3/c1-2-12-31-16-10-8-14(9-11-16)13-23-25-21(30)17-18(15-6-4-3-5-7-15)29(28-24-17)20-19(22)26-32-27-20/h3-11,13H,2,12H2,1H3,(H2,22,26)(H,25,30)/b23-13+. The van der Waals surface area contributed by atoms with Crippen LogP contribution in [0.25, 0.3) is 17.1 Å². The van der Waals surface area contributed by atoms with E-state index in [4.69, 9.17) is 10.5 Å². The first kappa shape index (κ1) is 20.7. The molecule has 162 valence electrons. The number of carbonyl (C=O) groups excluding carboxylic acids is 1. The highest BCUT2D eigenvalue weighted by Crippen LogP contribution is 2.26. The molecule has 11 nitrogen and oxygen atoms in total. The SMILES string of the molecule is CCCOc1ccc(/C=N/NC(=O)c2nnn(-c3nonc3N)c2-c2ccccc2)cc1. The second kappa shape index (κ2) is 9.51. The van der Waals surface area contributed by atoms with Gasteiger partial charge in [0.2, 0.25) is 11.6 Å². The summed E-state index contributed by atoms with van der Waals surface area (Å²) in [6.07, 6.45) is 2.46. The molecular weight excluding hydrogens is 412 g/mol. The van der Waals surface area contributed by atoms with E-state index in [9.17, 15) is 4.79 Å². The zero-order chi connectivity index (χ0) is 22.3. The van der Waals surface area contributed by atoms with Crippen molar-refractivity contribution >= 4 is 17.9 Å². The number of hydrogen-bond donors (Lipinski definition) is 2. The number of ether oxygens (including phenoxy) is 1. The predicted octanol–water partition coefficient (Wildman–Crippen LogP) is 2.45. The Morgan fingerprint density at radius 2 is 1.97 bits per heavy atom. The van der Waals surface area contributed by atoms with Crippen LogP contribution in [0.3, 0.4) is 0 Å². The van der Waals surface area contributed by atoms with Crippen molar-refractivity contribution in [3.05, 3.63) is 65.9 Å². The number of rotatable bonds is 8. The van der Waals surface area contributed by atoms with Gasteiger partial charge in [0.1, 0.15) is 11.4 Å². The maximum absolute atomic E-state index is 12.8. The average Bonchev–Trinajstić information content (AvgIpc) is 3.45. The van der Waals surface area contributed by atoms with Crippen LogP contribution in [0.4, 0.5) is 5.82 Å². The van der Waals surface area contributed by atoms with E-state index in [1.807, 2.05) is 49.4 Å². The van der Waals surface area contributed by atoms with Crippen molar-refractivity contribution in [1.29, 1.82) is 0 Å². The third-order valence-electron chi connectivity index (χ3n) is 4.36. The molecule has 0 saturated heterocycles. The van der Waals surface area contributed by atoms with Crippen LogP contribution in [0.5, 0.6) is 5.75 Å². The van der Waals surface area contributed by atoms with Gasteiger partial charge in [-0.1, -0.05) is 42.5 Å². The van der Waals surface area contributed by atoms with Crippen molar-refractivity contribution < 1.29 is 14.2 Å². The fourth-order valence-corrected chi connectivity index (χ4v) is 2.86. The van der Waals surface area contributed by atoms with Crippen molar-refractivity contribution in [1.82, 2.24) is 30.7 Å². The summed E-state index contributed by atoms with van der Waals surface area (Å²) in [5.74, 6) is 0.371. The molecule has 32 heavy (non-hydrogen) atoms. The number of nitrogens with two attached hydrogens (primary N) is 1. The summed E-state index contributed by atoms with van der Waals surface area (Å²) >= 11 is 0. The molecule has 0 saturated carbocycles. The van der Waals surface area contributed by atoms with Gasteiger partial charge in [0, 0.05) is 5.56 Å². The topological polar surface area (TPSA) is 146 Å². The van der Waals surface area contributed by atoms with Gasteiger partial charge < -0.3 is 10.5 Å². The van der Waals surface area contributed by atoms with Crippen LogP contribution in [0.15, 0.2) is 64.3 Å². The van der Waals surface area contributed by atoms with Gasteiger partial charge in [-0.15, -0.1) is 5.10 Å². The Hall–Kier alpha value is -4.54. The van der Waals surface area contributed by atoms with Gasteiger partial charge in [-0.05, 0) is 46.6 Å². The number of benzene rings is 2. The van der Waals surface area contributed by atoms with Crippen LogP contribution in [0, 0.1) is 0 Å². The van der Waals surface area contributed by atoms with Gasteiger partial charge >= 0.3 is 0 Å². The first-order valence-electron chi connectivity index (χ1n) is 9.83. The van der Waals surface area contributed by atoms with E-state index in [1.165, 1.54) is 10.9 Å². The highest BCUT2D eigenvalue weighted by molar-refractivity contribution is 5.98. The molecule has 0 bridgehead atoms. The van der Waals surface area contributed by atoms with Gasteiger partial charge in [-0.25, -0.2) is 10.1 Å². The third kappa shape index (κ3) is 4.46. The molecule has 0 spiro atoms. The Bertz CT molecular complexity index is 1220. The molecule has 0 radical (unpaired) electrons. The summed E-state index contributed by atoms with van der Waals surface area (Å²) in [6.45, 7) is 2.70. The number of hydrogen-bond acceptors (Lipinski definition) is 9. The van der Waals surface area contributed by atoms with Crippen LogP contribution in [0.1, 0.15) is 29.4 Å². The Labute approximate surface area is 182 Å². The number of anilines is 1. The number of carbonyl (C=O) groups is 1. The summed E-state index contributed by atoms with van der Waals surface area (Å²) < 4.78 is 11.5. The number of amides is 1. The third-order valence-corrected chi connectivity index (χ3v) is 4.36. The van der Waals surface area contributed by atoms with Crippen molar-refractivity contribution in [2.75, 3.05) is 12.3 Å². The Kier molecular flexibility index (Phi) is 6.16. The fraction of sp³-hybridized carbons (Fsp3) is 0.143. The van der Waals surface area contributed by atoms with Crippen LogP contribution in [0.2, 0.25) is 0 Å². The normalized spacial score (nSPS) is 11.0. The number of nitrogens with zero attached hydrogens (tertiary/aromatic N) is 6. The van der Waals surface area contributed by atoms with E-state index in [-0.39, 0.29) is 17.3 Å². The second-order valence-electron chi connectivity index (χ2n) is 6.65. The zero-order valence-corrected chi connectivity index (χ0v) is 17.2. The first-order valence-corrected chi connectivity index (χ1v) is 9.83. The number of aromatic nitrogens is 5. The van der Waals surface area contributed by atoms with Gasteiger partial charge in [0.25, 0.3) is 5.91 Å². The molecule has 0 aliphatic carbocycles. The lowest BCUT2D eigenvalue weighted by molar-refractivity contribution is 0.0950. The Balaban J connectivity index is 1.55. The average molecular weight is 432 g/mol. The molecule has 0 aliphatic heterocycles. The summed E-state index contributed by atoms with van der Waals surface area (Å²) in [4.78, 5) is 12.8. The number of hydrazone groups is 1. The molecule has 4 aromatic rings. The Morgan fingerprint density at radius 1 is 1.19 bits per heavy atom. The van der Waals surface area contributed by atoms with Crippen LogP contribution in [-0.4, -0.2) is 44.0 Å².